The summed E-state index contributed by atoms with van der Waals surface area (Å²) in [4.78, 5) is 16.6. The molecule has 0 aliphatic heterocycles. The van der Waals surface area contributed by atoms with E-state index in [1.54, 1.807) is 28.9 Å². The summed E-state index contributed by atoms with van der Waals surface area (Å²) in [5.41, 5.74) is 2.05. The lowest BCUT2D eigenvalue weighted by atomic mass is 10.2. The molecule has 0 aliphatic rings. The molecule has 0 bridgehead atoms. The molecule has 1 aromatic carbocycles. The standard InChI is InChI=1S/C16H15FN4O2/c1-3-11-9-13(20-15-6-7-18-21(11)15)16(22)19-10-4-5-14(23-2)12(17)8-10/h4-9H,3H2,1-2H3,(H,19,22). The van der Waals surface area contributed by atoms with Crippen LogP contribution in [0.5, 0.6) is 5.75 Å². The number of anilines is 1. The van der Waals surface area contributed by atoms with Crippen LogP contribution < -0.4 is 10.1 Å². The minimum Gasteiger partial charge on any atom is -0.494 e. The van der Waals surface area contributed by atoms with Crippen LogP contribution >= 0.6 is 0 Å². The van der Waals surface area contributed by atoms with Crippen LogP contribution in [0.15, 0.2) is 36.5 Å². The largest absolute Gasteiger partial charge is 0.494 e. The maximum absolute atomic E-state index is 13.7. The van der Waals surface area contributed by atoms with Crippen molar-refractivity contribution in [1.29, 1.82) is 0 Å². The van der Waals surface area contributed by atoms with Crippen molar-refractivity contribution in [1.82, 2.24) is 14.6 Å². The molecule has 1 N–H and O–H groups in total. The topological polar surface area (TPSA) is 68.5 Å². The number of hydrogen-bond donors (Lipinski definition) is 1. The van der Waals surface area contributed by atoms with Crippen LogP contribution in [-0.2, 0) is 6.42 Å². The first-order valence-electron chi connectivity index (χ1n) is 7.11. The van der Waals surface area contributed by atoms with Gasteiger partial charge in [-0.3, -0.25) is 4.79 Å². The van der Waals surface area contributed by atoms with Crippen molar-refractivity contribution in [3.8, 4) is 5.75 Å². The molecule has 23 heavy (non-hydrogen) atoms. The fourth-order valence-electron chi connectivity index (χ4n) is 2.28. The molecule has 1 amide bonds. The molecular formula is C16H15FN4O2. The Morgan fingerprint density at radius 1 is 1.35 bits per heavy atom. The van der Waals surface area contributed by atoms with Gasteiger partial charge >= 0.3 is 0 Å². The third-order valence-corrected chi connectivity index (χ3v) is 3.44. The fraction of sp³-hybridized carbons (Fsp3) is 0.188. The van der Waals surface area contributed by atoms with Gasteiger partial charge in [-0.25, -0.2) is 13.9 Å². The number of nitrogens with one attached hydrogen (secondary N) is 1. The molecule has 118 valence electrons. The number of benzene rings is 1. The molecule has 0 saturated heterocycles. The van der Waals surface area contributed by atoms with E-state index in [2.05, 4.69) is 15.4 Å². The van der Waals surface area contributed by atoms with E-state index in [1.807, 2.05) is 6.92 Å². The van der Waals surface area contributed by atoms with Crippen LogP contribution in [0.3, 0.4) is 0 Å². The molecule has 2 heterocycles. The Morgan fingerprint density at radius 2 is 2.17 bits per heavy atom. The quantitative estimate of drug-likeness (QED) is 0.804. The van der Waals surface area contributed by atoms with Gasteiger partial charge in [-0.15, -0.1) is 0 Å². The molecule has 0 spiro atoms. The lowest BCUT2D eigenvalue weighted by molar-refractivity contribution is 0.102. The molecule has 0 aliphatic carbocycles. The van der Waals surface area contributed by atoms with E-state index < -0.39 is 11.7 Å². The number of rotatable bonds is 4. The van der Waals surface area contributed by atoms with Gasteiger partial charge in [0, 0.05) is 23.5 Å². The van der Waals surface area contributed by atoms with Crippen molar-refractivity contribution in [2.45, 2.75) is 13.3 Å². The summed E-state index contributed by atoms with van der Waals surface area (Å²) in [5, 5.41) is 6.80. The second-order valence-electron chi connectivity index (χ2n) is 4.89. The molecule has 3 rings (SSSR count). The Kier molecular flexibility index (Phi) is 3.92. The molecule has 3 aromatic rings. The van der Waals surface area contributed by atoms with Gasteiger partial charge in [0.15, 0.2) is 17.2 Å². The number of aryl methyl sites for hydroxylation is 1. The Hall–Kier alpha value is -2.96. The van der Waals surface area contributed by atoms with Crippen LogP contribution in [0.1, 0.15) is 23.1 Å². The number of halogens is 1. The summed E-state index contributed by atoms with van der Waals surface area (Å²) in [6.45, 7) is 1.97. The first kappa shape index (κ1) is 15.0. The molecule has 0 saturated carbocycles. The maximum atomic E-state index is 13.7. The highest BCUT2D eigenvalue weighted by Crippen LogP contribution is 2.21. The zero-order valence-corrected chi connectivity index (χ0v) is 12.7. The van der Waals surface area contributed by atoms with E-state index in [0.717, 1.165) is 5.69 Å². The third-order valence-electron chi connectivity index (χ3n) is 3.44. The predicted molar refractivity (Wildman–Crippen MR) is 83.3 cm³/mol. The van der Waals surface area contributed by atoms with E-state index >= 15 is 0 Å². The van der Waals surface area contributed by atoms with E-state index in [1.165, 1.54) is 19.2 Å². The number of nitrogens with zero attached hydrogens (tertiary/aromatic N) is 3. The zero-order valence-electron chi connectivity index (χ0n) is 12.7. The number of fused-ring (bicyclic) bond motifs is 1. The van der Waals surface area contributed by atoms with Gasteiger partial charge < -0.3 is 10.1 Å². The number of ether oxygens (including phenoxy) is 1. The molecule has 0 atom stereocenters. The highest BCUT2D eigenvalue weighted by Gasteiger charge is 2.13. The number of hydrogen-bond acceptors (Lipinski definition) is 4. The van der Waals surface area contributed by atoms with E-state index in [-0.39, 0.29) is 11.4 Å². The average Bonchev–Trinajstić information content (AvgIpc) is 3.02. The van der Waals surface area contributed by atoms with Gasteiger partial charge in [0.25, 0.3) is 5.91 Å². The van der Waals surface area contributed by atoms with Crippen molar-refractivity contribution < 1.29 is 13.9 Å². The first-order chi connectivity index (χ1) is 11.1. The van der Waals surface area contributed by atoms with Crippen molar-refractivity contribution in [2.24, 2.45) is 0 Å². The van der Waals surface area contributed by atoms with Crippen LogP contribution in [0.2, 0.25) is 0 Å². The lowest BCUT2D eigenvalue weighted by Gasteiger charge is -2.09. The van der Waals surface area contributed by atoms with Crippen molar-refractivity contribution in [3.05, 3.63) is 53.7 Å². The average molecular weight is 314 g/mol. The van der Waals surface area contributed by atoms with Gasteiger partial charge in [-0.1, -0.05) is 6.92 Å². The minimum absolute atomic E-state index is 0.120. The molecule has 0 unspecified atom stereocenters. The molecule has 2 aromatic heterocycles. The van der Waals surface area contributed by atoms with Crippen molar-refractivity contribution in [3.63, 3.8) is 0 Å². The third kappa shape index (κ3) is 2.85. The fourth-order valence-corrected chi connectivity index (χ4v) is 2.28. The van der Waals surface area contributed by atoms with Gasteiger partial charge in [0.1, 0.15) is 5.69 Å². The van der Waals surface area contributed by atoms with E-state index in [0.29, 0.717) is 17.8 Å². The normalized spacial score (nSPS) is 10.7. The number of aromatic nitrogens is 3. The Bertz CT molecular complexity index is 876. The van der Waals surface area contributed by atoms with Crippen LogP contribution in [0.4, 0.5) is 10.1 Å². The molecule has 6 nitrogen and oxygen atoms in total. The van der Waals surface area contributed by atoms with Crippen LogP contribution in [0.25, 0.3) is 5.65 Å². The summed E-state index contributed by atoms with van der Waals surface area (Å²) >= 11 is 0. The van der Waals surface area contributed by atoms with Gasteiger partial charge in [-0.05, 0) is 24.6 Å². The smallest absolute Gasteiger partial charge is 0.274 e. The summed E-state index contributed by atoms with van der Waals surface area (Å²) in [6, 6.07) is 7.63. The van der Waals surface area contributed by atoms with E-state index in [9.17, 15) is 9.18 Å². The van der Waals surface area contributed by atoms with Crippen LogP contribution in [-0.4, -0.2) is 27.6 Å². The maximum Gasteiger partial charge on any atom is 0.274 e. The highest BCUT2D eigenvalue weighted by molar-refractivity contribution is 6.03. The second kappa shape index (κ2) is 6.04. The number of carbonyl (C=O) groups is 1. The Balaban J connectivity index is 1.90. The summed E-state index contributed by atoms with van der Waals surface area (Å²) < 4.78 is 20.2. The number of methoxy groups -OCH3 is 1. The number of carbonyl (C=O) groups excluding carboxylic acids is 1. The van der Waals surface area contributed by atoms with Gasteiger partial charge in [0.2, 0.25) is 0 Å². The monoisotopic (exact) mass is 314 g/mol. The minimum atomic E-state index is -0.543. The van der Waals surface area contributed by atoms with E-state index in [4.69, 9.17) is 4.74 Å². The van der Waals surface area contributed by atoms with Crippen LogP contribution in [0, 0.1) is 5.82 Å². The Morgan fingerprint density at radius 3 is 2.87 bits per heavy atom. The summed E-state index contributed by atoms with van der Waals surface area (Å²) in [5.74, 6) is -0.832. The molecule has 0 radical (unpaired) electrons. The second-order valence-corrected chi connectivity index (χ2v) is 4.89. The highest BCUT2D eigenvalue weighted by atomic mass is 19.1. The van der Waals surface area contributed by atoms with Gasteiger partial charge in [0.05, 0.1) is 13.3 Å². The van der Waals surface area contributed by atoms with Crippen molar-refractivity contribution in [2.75, 3.05) is 12.4 Å². The summed E-state index contributed by atoms with van der Waals surface area (Å²) in [7, 11) is 1.38. The van der Waals surface area contributed by atoms with Crippen molar-refractivity contribution >= 4 is 17.2 Å². The molecule has 0 fully saturated rings. The zero-order chi connectivity index (χ0) is 16.4. The SMILES string of the molecule is CCc1cc(C(=O)Nc2ccc(OC)c(F)c2)nc2ccnn12. The van der Waals surface area contributed by atoms with Gasteiger partial charge in [-0.2, -0.15) is 5.10 Å². The molecule has 7 heteroatoms. The Labute approximate surface area is 131 Å². The lowest BCUT2D eigenvalue weighted by Crippen LogP contribution is -2.16. The first-order valence-corrected chi connectivity index (χ1v) is 7.11. The molecular weight excluding hydrogens is 299 g/mol. The summed E-state index contributed by atoms with van der Waals surface area (Å²) in [6.07, 6.45) is 2.33. The number of amides is 1. The predicted octanol–water partition coefficient (Wildman–Crippen LogP) is 2.69.